The first-order chi connectivity index (χ1) is 9.44. The van der Waals surface area contributed by atoms with Gasteiger partial charge in [0.15, 0.2) is 0 Å². The average Bonchev–Trinajstić information content (AvgIpc) is 2.51. The Hall–Kier alpha value is -1.55. The molecule has 1 aromatic carbocycles. The lowest BCUT2D eigenvalue weighted by Crippen LogP contribution is -2.54. The molecule has 1 heterocycles. The lowest BCUT2D eigenvalue weighted by Gasteiger charge is -2.31. The SMILES string of the molecule is CCC1(C)NC(=O)CCN(Cc2cccc(Cl)c2)C1=O. The van der Waals surface area contributed by atoms with Gasteiger partial charge in [-0.1, -0.05) is 30.7 Å². The fourth-order valence-electron chi connectivity index (χ4n) is 2.36. The van der Waals surface area contributed by atoms with Crippen molar-refractivity contribution in [1.29, 1.82) is 0 Å². The molecule has 20 heavy (non-hydrogen) atoms. The van der Waals surface area contributed by atoms with Gasteiger partial charge in [-0.15, -0.1) is 0 Å². The maximum atomic E-state index is 12.6. The highest BCUT2D eigenvalue weighted by Crippen LogP contribution is 2.20. The van der Waals surface area contributed by atoms with E-state index in [4.69, 9.17) is 11.6 Å². The topological polar surface area (TPSA) is 49.4 Å². The van der Waals surface area contributed by atoms with E-state index in [-0.39, 0.29) is 11.8 Å². The van der Waals surface area contributed by atoms with Gasteiger partial charge in [-0.2, -0.15) is 0 Å². The fourth-order valence-corrected chi connectivity index (χ4v) is 2.57. The molecule has 1 aliphatic heterocycles. The second-order valence-electron chi connectivity index (χ2n) is 5.34. The van der Waals surface area contributed by atoms with Gasteiger partial charge in [0.2, 0.25) is 11.8 Å². The third-order valence-electron chi connectivity index (χ3n) is 3.75. The number of carbonyl (C=O) groups excluding carboxylic acids is 2. The first kappa shape index (κ1) is 14.9. The van der Waals surface area contributed by atoms with Crippen LogP contribution in [0.3, 0.4) is 0 Å². The molecule has 1 fully saturated rings. The van der Waals surface area contributed by atoms with Crippen molar-refractivity contribution in [3.8, 4) is 0 Å². The van der Waals surface area contributed by atoms with Crippen LogP contribution in [0.5, 0.6) is 0 Å². The largest absolute Gasteiger partial charge is 0.342 e. The molecule has 2 rings (SSSR count). The van der Waals surface area contributed by atoms with Gasteiger partial charge >= 0.3 is 0 Å². The first-order valence-corrected chi connectivity index (χ1v) is 7.17. The van der Waals surface area contributed by atoms with Crippen molar-refractivity contribution in [3.63, 3.8) is 0 Å². The molecule has 1 unspecified atom stereocenters. The standard InChI is InChI=1S/C15H19ClN2O2/c1-3-15(2)14(20)18(8-7-13(19)17-15)10-11-5-4-6-12(16)9-11/h4-6,9H,3,7-8,10H2,1-2H3,(H,17,19). The number of rotatable bonds is 3. The van der Waals surface area contributed by atoms with Gasteiger partial charge in [-0.3, -0.25) is 9.59 Å². The predicted molar refractivity (Wildman–Crippen MR) is 78.3 cm³/mol. The van der Waals surface area contributed by atoms with Gasteiger partial charge in [-0.25, -0.2) is 0 Å². The lowest BCUT2D eigenvalue weighted by molar-refractivity contribution is -0.138. The van der Waals surface area contributed by atoms with E-state index in [0.29, 0.717) is 31.0 Å². The molecule has 0 bridgehead atoms. The smallest absolute Gasteiger partial charge is 0.248 e. The van der Waals surface area contributed by atoms with Gasteiger partial charge in [-0.05, 0) is 31.0 Å². The molecule has 1 aromatic rings. The second kappa shape index (κ2) is 5.83. The molecule has 1 atom stereocenters. The molecule has 1 N–H and O–H groups in total. The minimum Gasteiger partial charge on any atom is -0.342 e. The van der Waals surface area contributed by atoms with E-state index in [1.165, 1.54) is 0 Å². The zero-order chi connectivity index (χ0) is 14.8. The molecule has 0 spiro atoms. The van der Waals surface area contributed by atoms with E-state index >= 15 is 0 Å². The quantitative estimate of drug-likeness (QED) is 0.930. The van der Waals surface area contributed by atoms with Crippen molar-refractivity contribution in [2.45, 2.75) is 38.8 Å². The molecular weight excluding hydrogens is 276 g/mol. The number of amides is 2. The summed E-state index contributed by atoms with van der Waals surface area (Å²) in [4.78, 5) is 26.1. The number of hydrogen-bond acceptors (Lipinski definition) is 2. The molecule has 1 saturated heterocycles. The van der Waals surface area contributed by atoms with Crippen molar-refractivity contribution in [3.05, 3.63) is 34.9 Å². The van der Waals surface area contributed by atoms with Crippen LogP contribution in [-0.4, -0.2) is 28.8 Å². The molecule has 5 heteroatoms. The minimum absolute atomic E-state index is 0.0363. The summed E-state index contributed by atoms with van der Waals surface area (Å²) >= 11 is 5.97. The number of benzene rings is 1. The molecular formula is C15H19ClN2O2. The highest BCUT2D eigenvalue weighted by atomic mass is 35.5. The summed E-state index contributed by atoms with van der Waals surface area (Å²) in [5.74, 6) is -0.109. The average molecular weight is 295 g/mol. The van der Waals surface area contributed by atoms with Gasteiger partial charge in [0, 0.05) is 24.5 Å². The first-order valence-electron chi connectivity index (χ1n) is 6.79. The number of nitrogens with zero attached hydrogens (tertiary/aromatic N) is 1. The Kier molecular flexibility index (Phi) is 4.33. The summed E-state index contributed by atoms with van der Waals surface area (Å²) in [5.41, 5.74) is 0.158. The number of carbonyl (C=O) groups is 2. The van der Waals surface area contributed by atoms with Crippen LogP contribution < -0.4 is 5.32 Å². The zero-order valence-electron chi connectivity index (χ0n) is 11.8. The molecule has 108 valence electrons. The van der Waals surface area contributed by atoms with E-state index in [0.717, 1.165) is 5.56 Å². The van der Waals surface area contributed by atoms with Crippen LogP contribution in [0, 0.1) is 0 Å². The number of halogens is 1. The fraction of sp³-hybridized carbons (Fsp3) is 0.467. The summed E-state index contributed by atoms with van der Waals surface area (Å²) in [6.45, 7) is 4.60. The van der Waals surface area contributed by atoms with E-state index in [1.54, 1.807) is 17.9 Å². The van der Waals surface area contributed by atoms with Crippen LogP contribution in [0.25, 0.3) is 0 Å². The summed E-state index contributed by atoms with van der Waals surface area (Å²) in [6.07, 6.45) is 0.908. The Labute approximate surface area is 124 Å². The van der Waals surface area contributed by atoms with Gasteiger partial charge < -0.3 is 10.2 Å². The van der Waals surface area contributed by atoms with Crippen LogP contribution in [0.15, 0.2) is 24.3 Å². The van der Waals surface area contributed by atoms with Crippen LogP contribution in [0.4, 0.5) is 0 Å². The van der Waals surface area contributed by atoms with Crippen molar-refractivity contribution in [1.82, 2.24) is 10.2 Å². The van der Waals surface area contributed by atoms with Crippen molar-refractivity contribution in [2.24, 2.45) is 0 Å². The minimum atomic E-state index is -0.813. The third kappa shape index (κ3) is 3.12. The Morgan fingerprint density at radius 1 is 1.40 bits per heavy atom. The van der Waals surface area contributed by atoms with Crippen LogP contribution in [0.2, 0.25) is 5.02 Å². The Morgan fingerprint density at radius 2 is 2.15 bits per heavy atom. The molecule has 1 aliphatic rings. The van der Waals surface area contributed by atoms with Crippen molar-refractivity contribution < 1.29 is 9.59 Å². The molecule has 0 aliphatic carbocycles. The van der Waals surface area contributed by atoms with Crippen molar-refractivity contribution >= 4 is 23.4 Å². The normalized spacial score (nSPS) is 23.4. The number of nitrogens with one attached hydrogen (secondary N) is 1. The molecule has 0 aromatic heterocycles. The summed E-state index contributed by atoms with van der Waals surface area (Å²) in [5, 5.41) is 3.48. The van der Waals surface area contributed by atoms with Gasteiger partial charge in [0.25, 0.3) is 0 Å². The highest BCUT2D eigenvalue weighted by Gasteiger charge is 2.38. The van der Waals surface area contributed by atoms with Gasteiger partial charge in [0.1, 0.15) is 5.54 Å². The van der Waals surface area contributed by atoms with E-state index in [2.05, 4.69) is 5.32 Å². The van der Waals surface area contributed by atoms with Crippen LogP contribution in [-0.2, 0) is 16.1 Å². The number of hydrogen-bond donors (Lipinski definition) is 1. The molecule has 0 saturated carbocycles. The maximum absolute atomic E-state index is 12.6. The van der Waals surface area contributed by atoms with Crippen molar-refractivity contribution in [2.75, 3.05) is 6.54 Å². The van der Waals surface area contributed by atoms with Gasteiger partial charge in [0.05, 0.1) is 0 Å². The lowest BCUT2D eigenvalue weighted by atomic mass is 9.97. The summed E-state index contributed by atoms with van der Waals surface area (Å²) in [7, 11) is 0. The highest BCUT2D eigenvalue weighted by molar-refractivity contribution is 6.30. The molecule has 4 nitrogen and oxygen atoms in total. The summed E-state index contributed by atoms with van der Waals surface area (Å²) in [6, 6.07) is 7.44. The Morgan fingerprint density at radius 3 is 2.80 bits per heavy atom. The zero-order valence-corrected chi connectivity index (χ0v) is 12.5. The van der Waals surface area contributed by atoms with E-state index in [9.17, 15) is 9.59 Å². The molecule has 0 radical (unpaired) electrons. The van der Waals surface area contributed by atoms with E-state index in [1.807, 2.05) is 25.1 Å². The third-order valence-corrected chi connectivity index (χ3v) is 3.99. The monoisotopic (exact) mass is 294 g/mol. The molecule has 2 amide bonds. The predicted octanol–water partition coefficient (Wildman–Crippen LogP) is 2.36. The maximum Gasteiger partial charge on any atom is 0.248 e. The van der Waals surface area contributed by atoms with E-state index < -0.39 is 5.54 Å². The second-order valence-corrected chi connectivity index (χ2v) is 5.78. The summed E-state index contributed by atoms with van der Waals surface area (Å²) < 4.78 is 0. The van der Waals surface area contributed by atoms with Crippen LogP contribution in [0.1, 0.15) is 32.3 Å². The van der Waals surface area contributed by atoms with Crippen LogP contribution >= 0.6 is 11.6 Å². The Bertz CT molecular complexity index is 532. The Balaban J connectivity index is 2.22.